The van der Waals surface area contributed by atoms with Crippen LogP contribution in [0.3, 0.4) is 0 Å². The van der Waals surface area contributed by atoms with Crippen molar-refractivity contribution in [3.05, 3.63) is 11.8 Å². The standard InChI is InChI=1S/C12H23NO.HI/c1-12-8-7-10-13(12)9-5-3-2-4-6-11-14;/h8,14H,2-7,9-11H2,1H3;1H. The van der Waals surface area contributed by atoms with E-state index in [2.05, 4.69) is 17.9 Å². The van der Waals surface area contributed by atoms with Crippen LogP contribution in [0.4, 0.5) is 0 Å². The van der Waals surface area contributed by atoms with E-state index in [-0.39, 0.29) is 24.0 Å². The minimum Gasteiger partial charge on any atom is -0.396 e. The molecule has 0 aliphatic carbocycles. The molecule has 0 radical (unpaired) electrons. The monoisotopic (exact) mass is 325 g/mol. The summed E-state index contributed by atoms with van der Waals surface area (Å²) < 4.78 is 0. The van der Waals surface area contributed by atoms with E-state index < -0.39 is 0 Å². The second kappa shape index (κ2) is 9.46. The molecule has 0 fully saturated rings. The van der Waals surface area contributed by atoms with E-state index in [0.29, 0.717) is 6.61 Å². The number of rotatable bonds is 7. The fraction of sp³-hybridized carbons (Fsp3) is 0.833. The highest BCUT2D eigenvalue weighted by Gasteiger charge is 2.09. The zero-order valence-electron chi connectivity index (χ0n) is 9.74. The molecule has 0 atom stereocenters. The van der Waals surface area contributed by atoms with Crippen molar-refractivity contribution in [2.45, 2.75) is 45.4 Å². The summed E-state index contributed by atoms with van der Waals surface area (Å²) >= 11 is 0. The van der Waals surface area contributed by atoms with Crippen LogP contribution in [-0.2, 0) is 0 Å². The SMILES string of the molecule is CC1=CCCN1CCCCCCCO.I. The molecule has 0 aromatic rings. The summed E-state index contributed by atoms with van der Waals surface area (Å²) in [7, 11) is 0. The first-order chi connectivity index (χ1) is 6.84. The summed E-state index contributed by atoms with van der Waals surface area (Å²) in [5, 5.41) is 8.61. The van der Waals surface area contributed by atoms with Gasteiger partial charge in [-0.2, -0.15) is 0 Å². The Morgan fingerprint density at radius 3 is 2.47 bits per heavy atom. The molecule has 1 aliphatic rings. The second-order valence-electron chi connectivity index (χ2n) is 4.11. The van der Waals surface area contributed by atoms with E-state index in [9.17, 15) is 0 Å². The van der Waals surface area contributed by atoms with E-state index in [1.54, 1.807) is 0 Å². The van der Waals surface area contributed by atoms with Crippen molar-refractivity contribution in [3.63, 3.8) is 0 Å². The molecule has 1 N–H and O–H groups in total. The highest BCUT2D eigenvalue weighted by molar-refractivity contribution is 14.0. The molecule has 0 saturated carbocycles. The third kappa shape index (κ3) is 6.40. The van der Waals surface area contributed by atoms with Crippen LogP contribution < -0.4 is 0 Å². The van der Waals surface area contributed by atoms with Crippen LogP contribution in [-0.4, -0.2) is 29.7 Å². The first kappa shape index (κ1) is 15.2. The highest BCUT2D eigenvalue weighted by Crippen LogP contribution is 2.15. The lowest BCUT2D eigenvalue weighted by atomic mass is 10.1. The molecule has 3 heteroatoms. The van der Waals surface area contributed by atoms with Crippen LogP contribution in [0.15, 0.2) is 11.8 Å². The van der Waals surface area contributed by atoms with Crippen molar-refractivity contribution < 1.29 is 5.11 Å². The Bertz CT molecular complexity index is 182. The van der Waals surface area contributed by atoms with Crippen LogP contribution in [0.1, 0.15) is 45.4 Å². The summed E-state index contributed by atoms with van der Waals surface area (Å²) in [4.78, 5) is 2.48. The summed E-state index contributed by atoms with van der Waals surface area (Å²) in [6.07, 6.45) is 9.60. The van der Waals surface area contributed by atoms with E-state index in [4.69, 9.17) is 5.11 Å². The Morgan fingerprint density at radius 2 is 1.87 bits per heavy atom. The predicted molar refractivity (Wildman–Crippen MR) is 75.5 cm³/mol. The summed E-state index contributed by atoms with van der Waals surface area (Å²) in [5.74, 6) is 0. The average Bonchev–Trinajstić information content (AvgIpc) is 2.58. The van der Waals surface area contributed by atoms with Crippen LogP contribution in [0, 0.1) is 0 Å². The van der Waals surface area contributed by atoms with E-state index in [0.717, 1.165) is 6.42 Å². The largest absolute Gasteiger partial charge is 0.396 e. The van der Waals surface area contributed by atoms with Gasteiger partial charge >= 0.3 is 0 Å². The number of allylic oxidation sites excluding steroid dienone is 1. The van der Waals surface area contributed by atoms with Crippen molar-refractivity contribution in [1.82, 2.24) is 4.90 Å². The number of nitrogens with zero attached hydrogens (tertiary/aromatic N) is 1. The molecule has 1 aliphatic heterocycles. The van der Waals surface area contributed by atoms with E-state index in [1.165, 1.54) is 50.9 Å². The first-order valence-electron chi connectivity index (χ1n) is 5.87. The van der Waals surface area contributed by atoms with Gasteiger partial charge in [0.25, 0.3) is 0 Å². The number of aliphatic hydroxyl groups excluding tert-OH is 1. The Kier molecular flexibility index (Phi) is 9.60. The lowest BCUT2D eigenvalue weighted by Crippen LogP contribution is -2.19. The fourth-order valence-electron chi connectivity index (χ4n) is 1.97. The maximum atomic E-state index is 8.61. The number of halogens is 1. The predicted octanol–water partition coefficient (Wildman–Crippen LogP) is 3.16. The van der Waals surface area contributed by atoms with Crippen LogP contribution in [0.5, 0.6) is 0 Å². The van der Waals surface area contributed by atoms with Crippen LogP contribution in [0.25, 0.3) is 0 Å². The lowest BCUT2D eigenvalue weighted by Gasteiger charge is -2.19. The number of aliphatic hydroxyl groups is 1. The number of unbranched alkanes of at least 4 members (excludes halogenated alkanes) is 4. The highest BCUT2D eigenvalue weighted by atomic mass is 127. The van der Waals surface area contributed by atoms with E-state index in [1.807, 2.05) is 0 Å². The lowest BCUT2D eigenvalue weighted by molar-refractivity contribution is 0.281. The molecule has 0 bridgehead atoms. The Hall–Kier alpha value is 0.230. The molecule has 0 aromatic carbocycles. The fourth-order valence-corrected chi connectivity index (χ4v) is 1.97. The minimum absolute atomic E-state index is 0. The van der Waals surface area contributed by atoms with Gasteiger partial charge in [0.05, 0.1) is 0 Å². The maximum Gasteiger partial charge on any atom is 0.0431 e. The molecule has 15 heavy (non-hydrogen) atoms. The van der Waals surface area contributed by atoms with Gasteiger partial charge in [-0.3, -0.25) is 0 Å². The molecule has 2 nitrogen and oxygen atoms in total. The molecular weight excluding hydrogens is 301 g/mol. The summed E-state index contributed by atoms with van der Waals surface area (Å²) in [6, 6.07) is 0. The summed E-state index contributed by atoms with van der Waals surface area (Å²) in [6.45, 7) is 5.01. The van der Waals surface area contributed by atoms with Gasteiger partial charge in [-0.15, -0.1) is 24.0 Å². The molecule has 0 amide bonds. The maximum absolute atomic E-state index is 8.61. The van der Waals surface area contributed by atoms with Gasteiger partial charge in [0.15, 0.2) is 0 Å². The van der Waals surface area contributed by atoms with Gasteiger partial charge in [-0.25, -0.2) is 0 Å². The van der Waals surface area contributed by atoms with Gasteiger partial charge in [-0.1, -0.05) is 25.3 Å². The molecule has 0 aromatic heterocycles. The average molecular weight is 325 g/mol. The Balaban J connectivity index is 0.00000196. The normalized spacial score (nSPS) is 15.1. The van der Waals surface area contributed by atoms with Gasteiger partial charge in [0, 0.05) is 25.4 Å². The quantitative estimate of drug-likeness (QED) is 0.574. The van der Waals surface area contributed by atoms with Crippen molar-refractivity contribution in [2.24, 2.45) is 0 Å². The summed E-state index contributed by atoms with van der Waals surface area (Å²) in [5.41, 5.74) is 1.46. The third-order valence-electron chi connectivity index (χ3n) is 2.92. The molecule has 0 unspecified atom stereocenters. The van der Waals surface area contributed by atoms with E-state index >= 15 is 0 Å². The number of hydrogen-bond donors (Lipinski definition) is 1. The third-order valence-corrected chi connectivity index (χ3v) is 2.92. The number of hydrogen-bond acceptors (Lipinski definition) is 2. The molecular formula is C12H24INO. The Morgan fingerprint density at radius 1 is 1.20 bits per heavy atom. The minimum atomic E-state index is 0. The van der Waals surface area contributed by atoms with Crippen molar-refractivity contribution in [1.29, 1.82) is 0 Å². The zero-order chi connectivity index (χ0) is 10.2. The van der Waals surface area contributed by atoms with Gasteiger partial charge in [0.2, 0.25) is 0 Å². The molecule has 1 heterocycles. The smallest absolute Gasteiger partial charge is 0.0431 e. The van der Waals surface area contributed by atoms with Gasteiger partial charge in [0.1, 0.15) is 0 Å². The van der Waals surface area contributed by atoms with Gasteiger partial charge < -0.3 is 10.0 Å². The molecule has 0 spiro atoms. The Labute approximate surface area is 111 Å². The van der Waals surface area contributed by atoms with Crippen LogP contribution >= 0.6 is 24.0 Å². The first-order valence-corrected chi connectivity index (χ1v) is 5.87. The van der Waals surface area contributed by atoms with Gasteiger partial charge in [-0.05, 0) is 26.2 Å². The molecule has 0 saturated heterocycles. The van der Waals surface area contributed by atoms with Crippen molar-refractivity contribution in [3.8, 4) is 0 Å². The second-order valence-corrected chi connectivity index (χ2v) is 4.11. The zero-order valence-corrected chi connectivity index (χ0v) is 12.1. The van der Waals surface area contributed by atoms with Crippen molar-refractivity contribution >= 4 is 24.0 Å². The molecule has 1 rings (SSSR count). The topological polar surface area (TPSA) is 23.5 Å². The van der Waals surface area contributed by atoms with Crippen LogP contribution in [0.2, 0.25) is 0 Å². The molecule has 90 valence electrons. The van der Waals surface area contributed by atoms with Crippen molar-refractivity contribution in [2.75, 3.05) is 19.7 Å².